The van der Waals surface area contributed by atoms with Crippen molar-refractivity contribution in [1.29, 1.82) is 0 Å². The van der Waals surface area contributed by atoms with Gasteiger partial charge in [0.25, 0.3) is 0 Å². The summed E-state index contributed by atoms with van der Waals surface area (Å²) in [5.41, 5.74) is 0. The Morgan fingerprint density at radius 2 is 1.89 bits per heavy atom. The van der Waals surface area contributed by atoms with Crippen molar-refractivity contribution in [3.63, 3.8) is 0 Å². The smallest absolute Gasteiger partial charge is 0.319 e. The lowest BCUT2D eigenvalue weighted by Crippen LogP contribution is -2.48. The summed E-state index contributed by atoms with van der Waals surface area (Å²) in [6.45, 7) is 6.73. The van der Waals surface area contributed by atoms with E-state index in [2.05, 4.69) is 4.74 Å². The number of carbonyl (C=O) groups is 2. The van der Waals surface area contributed by atoms with Crippen LogP contribution in [0.1, 0.15) is 13.8 Å². The van der Waals surface area contributed by atoms with Crippen LogP contribution in [0.2, 0.25) is 0 Å². The molecule has 0 atom stereocenters. The normalized spacial score (nSPS) is 16.2. The molecule has 0 N–H and O–H groups in total. The molecule has 18 heavy (non-hydrogen) atoms. The van der Waals surface area contributed by atoms with Crippen molar-refractivity contribution < 1.29 is 19.1 Å². The maximum Gasteiger partial charge on any atom is 0.319 e. The molecule has 0 saturated carbocycles. The molecule has 1 rings (SSSR count). The highest BCUT2D eigenvalue weighted by molar-refractivity contribution is 5.79. The lowest BCUT2D eigenvalue weighted by Gasteiger charge is -2.31. The molecule has 0 aromatic heterocycles. The molecular weight excluding hydrogens is 236 g/mol. The van der Waals surface area contributed by atoms with Gasteiger partial charge in [-0.2, -0.15) is 0 Å². The zero-order valence-electron chi connectivity index (χ0n) is 11.3. The topological polar surface area (TPSA) is 59.1 Å². The Balaban J connectivity index is 2.48. The van der Waals surface area contributed by atoms with E-state index in [4.69, 9.17) is 4.74 Å². The molecule has 6 nitrogen and oxygen atoms in total. The van der Waals surface area contributed by atoms with Crippen LogP contribution in [0.15, 0.2) is 0 Å². The third-order valence-electron chi connectivity index (χ3n) is 2.99. The van der Waals surface area contributed by atoms with Gasteiger partial charge >= 0.3 is 5.97 Å². The highest BCUT2D eigenvalue weighted by atomic mass is 16.5. The Hall–Kier alpha value is -1.14. The van der Waals surface area contributed by atoms with Crippen molar-refractivity contribution in [2.45, 2.75) is 19.9 Å². The predicted molar refractivity (Wildman–Crippen MR) is 66.1 cm³/mol. The van der Waals surface area contributed by atoms with Crippen LogP contribution in [0.4, 0.5) is 0 Å². The number of methoxy groups -OCH3 is 1. The molecule has 1 aliphatic rings. The molecule has 0 aromatic carbocycles. The molecule has 0 bridgehead atoms. The van der Waals surface area contributed by atoms with Gasteiger partial charge in [0.1, 0.15) is 0 Å². The molecule has 1 aliphatic heterocycles. The van der Waals surface area contributed by atoms with E-state index < -0.39 is 0 Å². The largest absolute Gasteiger partial charge is 0.468 e. The van der Waals surface area contributed by atoms with Crippen molar-refractivity contribution in [2.75, 3.05) is 46.5 Å². The Labute approximate surface area is 108 Å². The average molecular weight is 258 g/mol. The van der Waals surface area contributed by atoms with Crippen LogP contribution in [0.5, 0.6) is 0 Å². The van der Waals surface area contributed by atoms with Gasteiger partial charge in [-0.05, 0) is 13.8 Å². The second-order valence-electron chi connectivity index (χ2n) is 4.57. The summed E-state index contributed by atoms with van der Waals surface area (Å²) in [6, 6.07) is 0.120. The molecule has 1 heterocycles. The first-order valence-corrected chi connectivity index (χ1v) is 6.21. The highest BCUT2D eigenvalue weighted by Gasteiger charge is 2.22. The van der Waals surface area contributed by atoms with Crippen LogP contribution >= 0.6 is 0 Å². The minimum atomic E-state index is -0.321. The molecule has 6 heteroatoms. The Bertz CT molecular complexity index is 288. The fraction of sp³-hybridized carbons (Fsp3) is 0.833. The number of hydrogen-bond donors (Lipinski definition) is 0. The van der Waals surface area contributed by atoms with E-state index in [1.807, 2.05) is 18.7 Å². The summed E-state index contributed by atoms with van der Waals surface area (Å²) in [5.74, 6) is -0.283. The summed E-state index contributed by atoms with van der Waals surface area (Å²) in [5, 5.41) is 0. The summed E-state index contributed by atoms with van der Waals surface area (Å²) < 4.78 is 9.84. The minimum Gasteiger partial charge on any atom is -0.468 e. The van der Waals surface area contributed by atoms with E-state index in [9.17, 15) is 9.59 Å². The van der Waals surface area contributed by atoms with E-state index in [1.54, 1.807) is 4.90 Å². The maximum absolute atomic E-state index is 12.1. The summed E-state index contributed by atoms with van der Waals surface area (Å²) in [6.07, 6.45) is 0. The quantitative estimate of drug-likeness (QED) is 0.635. The third kappa shape index (κ3) is 4.62. The number of rotatable bonds is 5. The number of morpholine rings is 1. The van der Waals surface area contributed by atoms with E-state index in [-0.39, 0.29) is 31.0 Å². The first kappa shape index (κ1) is 14.9. The van der Waals surface area contributed by atoms with E-state index in [1.165, 1.54) is 7.11 Å². The van der Waals surface area contributed by atoms with Crippen molar-refractivity contribution in [2.24, 2.45) is 0 Å². The summed E-state index contributed by atoms with van der Waals surface area (Å²) in [7, 11) is 1.35. The van der Waals surface area contributed by atoms with E-state index in [0.717, 1.165) is 0 Å². The lowest BCUT2D eigenvalue weighted by atomic mass is 10.3. The zero-order chi connectivity index (χ0) is 13.5. The number of hydrogen-bond acceptors (Lipinski definition) is 5. The second kappa shape index (κ2) is 7.33. The first-order chi connectivity index (χ1) is 8.54. The molecule has 104 valence electrons. The van der Waals surface area contributed by atoms with Crippen molar-refractivity contribution in [3.05, 3.63) is 0 Å². The lowest BCUT2D eigenvalue weighted by molar-refractivity contribution is -0.144. The van der Waals surface area contributed by atoms with Crippen molar-refractivity contribution in [1.82, 2.24) is 9.80 Å². The van der Waals surface area contributed by atoms with Gasteiger partial charge in [0.15, 0.2) is 0 Å². The van der Waals surface area contributed by atoms with Gasteiger partial charge in [0, 0.05) is 19.1 Å². The molecule has 1 saturated heterocycles. The predicted octanol–water partition coefficient (Wildman–Crippen LogP) is -0.271. The Kier molecular flexibility index (Phi) is 6.07. The van der Waals surface area contributed by atoms with E-state index in [0.29, 0.717) is 26.3 Å². The van der Waals surface area contributed by atoms with Crippen LogP contribution in [0.25, 0.3) is 0 Å². The second-order valence-corrected chi connectivity index (χ2v) is 4.57. The number of ether oxygens (including phenoxy) is 2. The van der Waals surface area contributed by atoms with Crippen LogP contribution < -0.4 is 0 Å². The van der Waals surface area contributed by atoms with E-state index >= 15 is 0 Å². The van der Waals surface area contributed by atoms with Gasteiger partial charge in [-0.15, -0.1) is 0 Å². The standard InChI is InChI=1S/C12H22N2O4/c1-10(2)14(9-12(16)17-3)8-11(15)13-4-6-18-7-5-13/h10H,4-9H2,1-3H3. The molecule has 0 unspecified atom stereocenters. The third-order valence-corrected chi connectivity index (χ3v) is 2.99. The number of nitrogens with zero attached hydrogens (tertiary/aromatic N) is 2. The molecule has 0 radical (unpaired) electrons. The minimum absolute atomic E-state index is 0.0379. The van der Waals surface area contributed by atoms with Crippen molar-refractivity contribution >= 4 is 11.9 Å². The van der Waals surface area contributed by atoms with Crippen molar-refractivity contribution in [3.8, 4) is 0 Å². The monoisotopic (exact) mass is 258 g/mol. The molecule has 0 aliphatic carbocycles. The Morgan fingerprint density at radius 3 is 2.39 bits per heavy atom. The number of carbonyl (C=O) groups excluding carboxylic acids is 2. The number of esters is 1. The van der Waals surface area contributed by atoms with Gasteiger partial charge < -0.3 is 14.4 Å². The summed E-state index contributed by atoms with van der Waals surface area (Å²) in [4.78, 5) is 26.9. The van der Waals surface area contributed by atoms with Crippen LogP contribution in [-0.2, 0) is 19.1 Å². The number of amides is 1. The van der Waals surface area contributed by atoms with Gasteiger partial charge in [-0.1, -0.05) is 0 Å². The fourth-order valence-corrected chi connectivity index (χ4v) is 1.74. The molecule has 1 amide bonds. The molecule has 0 spiro atoms. The maximum atomic E-state index is 12.1. The van der Waals surface area contributed by atoms with Crippen LogP contribution in [-0.4, -0.2) is 74.2 Å². The fourth-order valence-electron chi connectivity index (χ4n) is 1.74. The Morgan fingerprint density at radius 1 is 1.28 bits per heavy atom. The zero-order valence-corrected chi connectivity index (χ0v) is 11.3. The molecule has 1 fully saturated rings. The molecular formula is C12H22N2O4. The highest BCUT2D eigenvalue weighted by Crippen LogP contribution is 2.03. The molecule has 0 aromatic rings. The SMILES string of the molecule is COC(=O)CN(CC(=O)N1CCOCC1)C(C)C. The van der Waals surface area contributed by atoms with Gasteiger partial charge in [-0.25, -0.2) is 0 Å². The van der Waals surface area contributed by atoms with Crippen LogP contribution in [0, 0.1) is 0 Å². The van der Waals surface area contributed by atoms with Gasteiger partial charge in [0.05, 0.1) is 33.4 Å². The average Bonchev–Trinajstić information content (AvgIpc) is 2.38. The van der Waals surface area contributed by atoms with Crippen LogP contribution in [0.3, 0.4) is 0 Å². The first-order valence-electron chi connectivity index (χ1n) is 6.21. The summed E-state index contributed by atoms with van der Waals surface area (Å²) >= 11 is 0. The van der Waals surface area contributed by atoms with Gasteiger partial charge in [-0.3, -0.25) is 14.5 Å². The van der Waals surface area contributed by atoms with Gasteiger partial charge in [0.2, 0.25) is 5.91 Å².